The molecule has 0 fully saturated rings. The summed E-state index contributed by atoms with van der Waals surface area (Å²) < 4.78 is 16.9. The Morgan fingerprint density at radius 2 is 0.471 bits per heavy atom. The average Bonchev–Trinajstić information content (AvgIpc) is 3.36. The largest absolute Gasteiger partial charge is 0.462 e. The minimum absolute atomic E-state index is 0.0736. The van der Waals surface area contributed by atoms with Crippen molar-refractivity contribution in [3.8, 4) is 0 Å². The lowest BCUT2D eigenvalue weighted by Gasteiger charge is -2.18. The predicted octanol–water partition coefficient (Wildman–Crippen LogP) is 21.1. The Hall–Kier alpha value is -2.11. The molecule has 6 heteroatoms. The van der Waals surface area contributed by atoms with Crippen LogP contribution in [0.15, 0.2) is 24.3 Å². The molecule has 0 saturated heterocycles. The minimum atomic E-state index is -0.775. The zero-order valence-corrected chi connectivity index (χ0v) is 47.3. The van der Waals surface area contributed by atoms with Crippen LogP contribution in [0, 0.1) is 0 Å². The highest BCUT2D eigenvalue weighted by atomic mass is 16.6. The van der Waals surface area contributed by atoms with Gasteiger partial charge in [-0.1, -0.05) is 283 Å². The zero-order valence-electron chi connectivity index (χ0n) is 47.3. The van der Waals surface area contributed by atoms with E-state index in [9.17, 15) is 14.4 Å². The topological polar surface area (TPSA) is 78.9 Å². The summed E-state index contributed by atoms with van der Waals surface area (Å²) in [7, 11) is 0. The molecule has 0 aliphatic carbocycles. The number of carbonyl (C=O) groups is 3. The molecule has 412 valence electrons. The molecule has 1 unspecified atom stereocenters. The Bertz CT molecular complexity index is 1130. The standard InChI is InChI=1S/C64H120O6/c1-4-7-10-13-16-19-22-25-28-31-33-36-39-42-45-48-51-54-57-63(66)69-60-61(59-68-62(65)56-53-50-47-44-41-38-35-30-27-24-21-18-15-12-9-6-3)70-64(67)58-55-52-49-46-43-40-37-34-32-29-26-23-20-17-14-11-8-5-2/h30,33,35-36,61H,4-29,31-32,34,37-60H2,1-3H3/b35-30-,36-33-. The average molecular weight is 986 g/mol. The summed E-state index contributed by atoms with van der Waals surface area (Å²) in [5.74, 6) is -0.864. The molecule has 0 aromatic heterocycles. The van der Waals surface area contributed by atoms with Gasteiger partial charge < -0.3 is 14.2 Å². The molecule has 0 aliphatic rings. The van der Waals surface area contributed by atoms with Crippen molar-refractivity contribution in [2.24, 2.45) is 0 Å². The molecule has 0 amide bonds. The van der Waals surface area contributed by atoms with Crippen LogP contribution in [-0.2, 0) is 28.6 Å². The van der Waals surface area contributed by atoms with Crippen LogP contribution in [0.4, 0.5) is 0 Å². The SMILES string of the molecule is CCCCCCCCC/C=C\CCCCCCCC(=O)OCC(COC(=O)CCCCCCC/C=C\CCCCCCCCCCC)OC(=O)CCCCCCCCCCCCCCCCCCCC. The van der Waals surface area contributed by atoms with E-state index in [2.05, 4.69) is 45.1 Å². The van der Waals surface area contributed by atoms with Crippen molar-refractivity contribution < 1.29 is 28.6 Å². The van der Waals surface area contributed by atoms with E-state index in [0.717, 1.165) is 70.6 Å². The monoisotopic (exact) mass is 985 g/mol. The summed E-state index contributed by atoms with van der Waals surface area (Å²) >= 11 is 0. The maximum atomic E-state index is 12.9. The molecule has 0 bridgehead atoms. The van der Waals surface area contributed by atoms with E-state index in [1.807, 2.05) is 0 Å². The van der Waals surface area contributed by atoms with E-state index in [1.54, 1.807) is 0 Å². The lowest BCUT2D eigenvalue weighted by molar-refractivity contribution is -0.167. The van der Waals surface area contributed by atoms with E-state index >= 15 is 0 Å². The first-order valence-electron chi connectivity index (χ1n) is 31.3. The van der Waals surface area contributed by atoms with Crippen molar-refractivity contribution >= 4 is 17.9 Å². The summed E-state index contributed by atoms with van der Waals surface area (Å²) in [6.07, 6.45) is 70.3. The second-order valence-electron chi connectivity index (χ2n) is 21.3. The molecule has 0 aromatic carbocycles. The fourth-order valence-corrected chi connectivity index (χ4v) is 9.44. The van der Waals surface area contributed by atoms with Crippen LogP contribution < -0.4 is 0 Å². The van der Waals surface area contributed by atoms with Gasteiger partial charge in [0.25, 0.3) is 0 Å². The molecular weight excluding hydrogens is 865 g/mol. The number of carbonyl (C=O) groups excluding carboxylic acids is 3. The molecule has 0 aromatic rings. The molecule has 0 N–H and O–H groups in total. The lowest BCUT2D eigenvalue weighted by Crippen LogP contribution is -2.30. The molecule has 70 heavy (non-hydrogen) atoms. The van der Waals surface area contributed by atoms with Gasteiger partial charge in [0.05, 0.1) is 0 Å². The predicted molar refractivity (Wildman–Crippen MR) is 303 cm³/mol. The lowest BCUT2D eigenvalue weighted by atomic mass is 10.0. The Balaban J connectivity index is 4.34. The van der Waals surface area contributed by atoms with E-state index in [1.165, 1.54) is 238 Å². The highest BCUT2D eigenvalue weighted by Gasteiger charge is 2.19. The number of ether oxygens (including phenoxy) is 3. The quantitative estimate of drug-likeness (QED) is 0.0261. The highest BCUT2D eigenvalue weighted by molar-refractivity contribution is 5.71. The van der Waals surface area contributed by atoms with Crippen LogP contribution in [0.2, 0.25) is 0 Å². The third-order valence-electron chi connectivity index (χ3n) is 14.2. The van der Waals surface area contributed by atoms with Gasteiger partial charge in [-0.25, -0.2) is 0 Å². The third-order valence-corrected chi connectivity index (χ3v) is 14.2. The molecule has 0 spiro atoms. The van der Waals surface area contributed by atoms with Gasteiger partial charge in [-0.2, -0.15) is 0 Å². The fourth-order valence-electron chi connectivity index (χ4n) is 9.44. The van der Waals surface area contributed by atoms with E-state index in [4.69, 9.17) is 14.2 Å². The maximum absolute atomic E-state index is 12.9. The Kier molecular flexibility index (Phi) is 57.7. The molecule has 0 aliphatic heterocycles. The van der Waals surface area contributed by atoms with Gasteiger partial charge in [0, 0.05) is 19.3 Å². The van der Waals surface area contributed by atoms with E-state index in [0.29, 0.717) is 19.3 Å². The van der Waals surface area contributed by atoms with Crippen LogP contribution in [0.1, 0.15) is 348 Å². The smallest absolute Gasteiger partial charge is 0.306 e. The van der Waals surface area contributed by atoms with Crippen LogP contribution in [0.25, 0.3) is 0 Å². The van der Waals surface area contributed by atoms with Crippen LogP contribution in [0.3, 0.4) is 0 Å². The molecule has 0 rings (SSSR count). The van der Waals surface area contributed by atoms with Gasteiger partial charge in [0.2, 0.25) is 0 Å². The first kappa shape index (κ1) is 67.9. The normalized spacial score (nSPS) is 12.1. The molecular formula is C64H120O6. The fraction of sp³-hybridized carbons (Fsp3) is 0.891. The second-order valence-corrected chi connectivity index (χ2v) is 21.3. The Morgan fingerprint density at radius 1 is 0.271 bits per heavy atom. The number of unbranched alkanes of at least 4 members (excludes halogenated alkanes) is 43. The molecule has 6 nitrogen and oxygen atoms in total. The summed E-state index contributed by atoms with van der Waals surface area (Å²) in [4.78, 5) is 38.3. The Labute approximate surface area is 436 Å². The van der Waals surface area contributed by atoms with Gasteiger partial charge in [0.1, 0.15) is 13.2 Å². The minimum Gasteiger partial charge on any atom is -0.462 e. The molecule has 0 heterocycles. The first-order chi connectivity index (χ1) is 34.5. The Morgan fingerprint density at radius 3 is 0.714 bits per heavy atom. The number of allylic oxidation sites excluding steroid dienone is 4. The van der Waals surface area contributed by atoms with Gasteiger partial charge in [0.15, 0.2) is 6.10 Å². The third kappa shape index (κ3) is 56.8. The van der Waals surface area contributed by atoms with Gasteiger partial charge in [-0.15, -0.1) is 0 Å². The van der Waals surface area contributed by atoms with Gasteiger partial charge >= 0.3 is 17.9 Å². The van der Waals surface area contributed by atoms with Crippen LogP contribution >= 0.6 is 0 Å². The number of rotatable bonds is 58. The summed E-state index contributed by atoms with van der Waals surface area (Å²) in [6, 6.07) is 0. The molecule has 0 radical (unpaired) electrons. The van der Waals surface area contributed by atoms with Crippen molar-refractivity contribution in [3.05, 3.63) is 24.3 Å². The second kappa shape index (κ2) is 59.5. The first-order valence-corrected chi connectivity index (χ1v) is 31.3. The van der Waals surface area contributed by atoms with E-state index in [-0.39, 0.29) is 31.1 Å². The maximum Gasteiger partial charge on any atom is 0.306 e. The van der Waals surface area contributed by atoms with E-state index < -0.39 is 6.10 Å². The summed E-state index contributed by atoms with van der Waals surface area (Å²) in [5, 5.41) is 0. The van der Waals surface area contributed by atoms with Gasteiger partial charge in [-0.3, -0.25) is 14.4 Å². The van der Waals surface area contributed by atoms with Crippen molar-refractivity contribution in [1.29, 1.82) is 0 Å². The number of hydrogen-bond donors (Lipinski definition) is 0. The van der Waals surface area contributed by atoms with Gasteiger partial charge in [-0.05, 0) is 70.6 Å². The van der Waals surface area contributed by atoms with Crippen molar-refractivity contribution in [3.63, 3.8) is 0 Å². The highest BCUT2D eigenvalue weighted by Crippen LogP contribution is 2.17. The van der Waals surface area contributed by atoms with Crippen molar-refractivity contribution in [1.82, 2.24) is 0 Å². The van der Waals surface area contributed by atoms with Crippen molar-refractivity contribution in [2.75, 3.05) is 13.2 Å². The zero-order chi connectivity index (χ0) is 50.7. The number of esters is 3. The number of hydrogen-bond acceptors (Lipinski definition) is 6. The molecule has 1 atom stereocenters. The van der Waals surface area contributed by atoms with Crippen molar-refractivity contribution in [2.45, 2.75) is 354 Å². The summed E-state index contributed by atoms with van der Waals surface area (Å²) in [6.45, 7) is 6.69. The molecule has 0 saturated carbocycles. The van der Waals surface area contributed by atoms with Crippen LogP contribution in [-0.4, -0.2) is 37.2 Å². The van der Waals surface area contributed by atoms with Crippen LogP contribution in [0.5, 0.6) is 0 Å². The summed E-state index contributed by atoms with van der Waals surface area (Å²) in [5.41, 5.74) is 0.